The van der Waals surface area contributed by atoms with Gasteiger partial charge >= 0.3 is 0 Å². The highest BCUT2D eigenvalue weighted by Crippen LogP contribution is 2.33. The Kier molecular flexibility index (Phi) is 3.21. The van der Waals surface area contributed by atoms with E-state index in [4.69, 9.17) is 4.74 Å². The average molecular weight is 266 g/mol. The summed E-state index contributed by atoms with van der Waals surface area (Å²) in [6, 6.07) is 0.606. The van der Waals surface area contributed by atoms with Gasteiger partial charge in [-0.2, -0.15) is 0 Å². The molecule has 2 aliphatic rings. The van der Waals surface area contributed by atoms with Gasteiger partial charge in [0.25, 0.3) is 0 Å². The highest BCUT2D eigenvalue weighted by Gasteiger charge is 2.34. The molecule has 18 heavy (non-hydrogen) atoms. The SMILES string of the molecule is CC(=O)c1sc([C@H]2CN3CCC[C@H]3CO2)nc1C. The van der Waals surface area contributed by atoms with E-state index >= 15 is 0 Å². The fourth-order valence-electron chi connectivity index (χ4n) is 2.85. The number of hydrogen-bond acceptors (Lipinski definition) is 5. The Labute approximate surface area is 111 Å². The lowest BCUT2D eigenvalue weighted by Crippen LogP contribution is -2.42. The Balaban J connectivity index is 1.78. The number of morpholine rings is 1. The van der Waals surface area contributed by atoms with E-state index in [1.54, 1.807) is 6.92 Å². The van der Waals surface area contributed by atoms with Crippen LogP contribution in [0.1, 0.15) is 46.2 Å². The van der Waals surface area contributed by atoms with Gasteiger partial charge in [0.2, 0.25) is 0 Å². The number of rotatable bonds is 2. The number of ketones is 1. The van der Waals surface area contributed by atoms with Crippen LogP contribution in [0.25, 0.3) is 0 Å². The summed E-state index contributed by atoms with van der Waals surface area (Å²) in [6.45, 7) is 6.41. The molecule has 2 atom stereocenters. The molecule has 3 heterocycles. The molecular weight excluding hydrogens is 248 g/mol. The van der Waals surface area contributed by atoms with Crippen LogP contribution < -0.4 is 0 Å². The lowest BCUT2D eigenvalue weighted by Gasteiger charge is -2.34. The van der Waals surface area contributed by atoms with Crippen LogP contribution in [0.5, 0.6) is 0 Å². The maximum Gasteiger partial charge on any atom is 0.171 e. The van der Waals surface area contributed by atoms with E-state index < -0.39 is 0 Å². The standard InChI is InChI=1S/C13H18N2O2S/c1-8-12(9(2)16)18-13(14-8)11-6-15-5-3-4-10(15)7-17-11/h10-11H,3-7H2,1-2H3/t10-,11+/m0/s1. The topological polar surface area (TPSA) is 42.4 Å². The van der Waals surface area contributed by atoms with Crippen molar-refractivity contribution in [1.82, 2.24) is 9.88 Å². The van der Waals surface area contributed by atoms with Gasteiger partial charge in [-0.05, 0) is 26.3 Å². The van der Waals surface area contributed by atoms with Gasteiger partial charge in [-0.3, -0.25) is 9.69 Å². The van der Waals surface area contributed by atoms with Crippen LogP contribution in [-0.4, -0.2) is 41.4 Å². The molecule has 5 heteroatoms. The zero-order valence-electron chi connectivity index (χ0n) is 10.8. The summed E-state index contributed by atoms with van der Waals surface area (Å²) in [5.41, 5.74) is 0.842. The molecule has 0 amide bonds. The number of fused-ring (bicyclic) bond motifs is 1. The van der Waals surface area contributed by atoms with E-state index in [0.29, 0.717) is 6.04 Å². The van der Waals surface area contributed by atoms with Gasteiger partial charge in [0.05, 0.1) is 17.2 Å². The number of aryl methyl sites for hydroxylation is 1. The minimum absolute atomic E-state index is 0.0520. The summed E-state index contributed by atoms with van der Waals surface area (Å²) in [5, 5.41) is 0.961. The van der Waals surface area contributed by atoms with Crippen LogP contribution in [0, 0.1) is 6.92 Å². The van der Waals surface area contributed by atoms with E-state index in [9.17, 15) is 4.79 Å². The van der Waals surface area contributed by atoms with E-state index in [1.165, 1.54) is 30.7 Å². The molecule has 1 aromatic heterocycles. The van der Waals surface area contributed by atoms with Gasteiger partial charge in [0.1, 0.15) is 11.1 Å². The third kappa shape index (κ3) is 2.11. The number of carbonyl (C=O) groups is 1. The van der Waals surface area contributed by atoms with Crippen molar-refractivity contribution in [2.75, 3.05) is 19.7 Å². The molecule has 2 fully saturated rings. The Morgan fingerprint density at radius 3 is 3.11 bits per heavy atom. The molecule has 0 radical (unpaired) electrons. The maximum absolute atomic E-state index is 11.5. The van der Waals surface area contributed by atoms with Gasteiger partial charge in [-0.15, -0.1) is 11.3 Å². The molecule has 0 saturated carbocycles. The first kappa shape index (κ1) is 12.3. The van der Waals surface area contributed by atoms with Crippen LogP contribution in [0.2, 0.25) is 0 Å². The van der Waals surface area contributed by atoms with Crippen molar-refractivity contribution in [2.24, 2.45) is 0 Å². The molecular formula is C13H18N2O2S. The predicted octanol–water partition coefficient (Wildman–Crippen LogP) is 2.19. The number of aromatic nitrogens is 1. The Hall–Kier alpha value is -0.780. The fraction of sp³-hybridized carbons (Fsp3) is 0.692. The third-order valence-electron chi connectivity index (χ3n) is 3.80. The summed E-state index contributed by atoms with van der Waals surface area (Å²) < 4.78 is 5.92. The van der Waals surface area contributed by atoms with Gasteiger partial charge in [-0.1, -0.05) is 0 Å². The third-order valence-corrected chi connectivity index (χ3v) is 5.15. The second-order valence-corrected chi connectivity index (χ2v) is 6.17. The van der Waals surface area contributed by atoms with Gasteiger partial charge in [0, 0.05) is 19.5 Å². The Morgan fingerprint density at radius 1 is 1.56 bits per heavy atom. The number of nitrogens with zero attached hydrogens (tertiary/aromatic N) is 2. The van der Waals surface area contributed by atoms with Gasteiger partial charge < -0.3 is 4.74 Å². The largest absolute Gasteiger partial charge is 0.368 e. The summed E-state index contributed by atoms with van der Waals surface area (Å²) in [7, 11) is 0. The predicted molar refractivity (Wildman–Crippen MR) is 70.1 cm³/mol. The second kappa shape index (κ2) is 4.72. The monoisotopic (exact) mass is 266 g/mol. The van der Waals surface area contributed by atoms with Crippen molar-refractivity contribution in [3.8, 4) is 0 Å². The molecule has 1 aromatic rings. The zero-order chi connectivity index (χ0) is 12.7. The lowest BCUT2D eigenvalue weighted by atomic mass is 10.2. The summed E-state index contributed by atoms with van der Waals surface area (Å²) in [4.78, 5) is 19.3. The summed E-state index contributed by atoms with van der Waals surface area (Å²) >= 11 is 1.50. The fourth-order valence-corrected chi connectivity index (χ4v) is 3.85. The molecule has 3 rings (SSSR count). The van der Waals surface area contributed by atoms with Crippen LogP contribution in [0.3, 0.4) is 0 Å². The first-order valence-corrected chi connectivity index (χ1v) is 7.30. The second-order valence-electron chi connectivity index (χ2n) is 5.14. The van der Waals surface area contributed by atoms with Crippen LogP contribution >= 0.6 is 11.3 Å². The van der Waals surface area contributed by atoms with Crippen LogP contribution in [0.4, 0.5) is 0 Å². The number of hydrogen-bond donors (Lipinski definition) is 0. The maximum atomic E-state index is 11.5. The summed E-state index contributed by atoms with van der Waals surface area (Å²) in [6.07, 6.45) is 2.58. The minimum Gasteiger partial charge on any atom is -0.368 e. The van der Waals surface area contributed by atoms with Gasteiger partial charge in [0.15, 0.2) is 5.78 Å². The molecule has 0 unspecified atom stereocenters. The molecule has 2 aliphatic heterocycles. The molecule has 2 saturated heterocycles. The first-order valence-electron chi connectivity index (χ1n) is 6.49. The van der Waals surface area contributed by atoms with Crippen LogP contribution in [-0.2, 0) is 4.74 Å². The van der Waals surface area contributed by atoms with E-state index in [-0.39, 0.29) is 11.9 Å². The first-order chi connectivity index (χ1) is 8.65. The van der Waals surface area contributed by atoms with E-state index in [1.807, 2.05) is 6.92 Å². The van der Waals surface area contributed by atoms with E-state index in [0.717, 1.165) is 28.7 Å². The normalized spacial score (nSPS) is 28.3. The minimum atomic E-state index is 0.0520. The molecule has 0 N–H and O–H groups in total. The van der Waals surface area contributed by atoms with Crippen molar-refractivity contribution in [3.63, 3.8) is 0 Å². The number of ether oxygens (including phenoxy) is 1. The Morgan fingerprint density at radius 2 is 2.39 bits per heavy atom. The van der Waals surface area contributed by atoms with Crippen molar-refractivity contribution in [1.29, 1.82) is 0 Å². The van der Waals surface area contributed by atoms with Crippen LogP contribution in [0.15, 0.2) is 0 Å². The molecule has 0 bridgehead atoms. The van der Waals surface area contributed by atoms with Crippen molar-refractivity contribution >= 4 is 17.1 Å². The van der Waals surface area contributed by atoms with Crippen molar-refractivity contribution in [2.45, 2.75) is 38.8 Å². The lowest BCUT2D eigenvalue weighted by molar-refractivity contribution is -0.0502. The van der Waals surface area contributed by atoms with Crippen molar-refractivity contribution in [3.05, 3.63) is 15.6 Å². The molecule has 4 nitrogen and oxygen atoms in total. The van der Waals surface area contributed by atoms with E-state index in [2.05, 4.69) is 9.88 Å². The highest BCUT2D eigenvalue weighted by atomic mass is 32.1. The van der Waals surface area contributed by atoms with Crippen molar-refractivity contribution < 1.29 is 9.53 Å². The van der Waals surface area contributed by atoms with Gasteiger partial charge in [-0.25, -0.2) is 4.98 Å². The molecule has 0 spiro atoms. The Bertz CT molecular complexity index is 472. The molecule has 0 aromatic carbocycles. The zero-order valence-corrected chi connectivity index (χ0v) is 11.6. The molecule has 0 aliphatic carbocycles. The highest BCUT2D eigenvalue weighted by molar-refractivity contribution is 7.13. The molecule has 98 valence electrons. The quantitative estimate of drug-likeness (QED) is 0.770. The number of thiazole rings is 1. The smallest absolute Gasteiger partial charge is 0.171 e. The number of carbonyl (C=O) groups excluding carboxylic acids is 1. The average Bonchev–Trinajstić information content (AvgIpc) is 2.93. The number of Topliss-reactive ketones (excluding diaryl/α,β-unsaturated/α-hetero) is 1. The summed E-state index contributed by atoms with van der Waals surface area (Å²) in [5.74, 6) is 0.103.